The zero-order valence-corrected chi connectivity index (χ0v) is 12.3. The third kappa shape index (κ3) is 3.48. The molecule has 0 aliphatic heterocycles. The first-order valence-corrected chi connectivity index (χ1v) is 8.09. The van der Waals surface area contributed by atoms with Crippen LogP contribution in [0.1, 0.15) is 65.2 Å². The van der Waals surface area contributed by atoms with Gasteiger partial charge < -0.3 is 11.5 Å². The lowest BCUT2D eigenvalue weighted by Crippen LogP contribution is -2.41. The molecule has 0 heterocycles. The van der Waals surface area contributed by atoms with Gasteiger partial charge >= 0.3 is 0 Å². The fraction of sp³-hybridized carbons (Fsp3) is 1.00. The summed E-state index contributed by atoms with van der Waals surface area (Å²) in [6.45, 7) is 4.76. The molecule has 6 atom stereocenters. The van der Waals surface area contributed by atoms with Gasteiger partial charge in [0.2, 0.25) is 0 Å². The largest absolute Gasteiger partial charge is 0.327 e. The standard InChI is InChI=1S/C16H32N2/c1-11-7-8-14(16(18)9-11)12(2)10-13-5-3-4-6-15(13)17/h11-16H,3-10,17-18H2,1-2H3/t11-,12?,13?,14+,15?,16?/m1/s1. The summed E-state index contributed by atoms with van der Waals surface area (Å²) in [4.78, 5) is 0. The number of rotatable bonds is 3. The molecule has 2 fully saturated rings. The minimum atomic E-state index is 0.434. The minimum Gasteiger partial charge on any atom is -0.327 e. The number of hydrogen-bond acceptors (Lipinski definition) is 2. The molecule has 0 amide bonds. The Morgan fingerprint density at radius 3 is 2.39 bits per heavy atom. The molecule has 18 heavy (non-hydrogen) atoms. The Morgan fingerprint density at radius 2 is 1.72 bits per heavy atom. The molecule has 0 bridgehead atoms. The Hall–Kier alpha value is -0.0800. The van der Waals surface area contributed by atoms with Gasteiger partial charge in [0.15, 0.2) is 0 Å². The van der Waals surface area contributed by atoms with Crippen LogP contribution in [0.4, 0.5) is 0 Å². The van der Waals surface area contributed by atoms with Crippen LogP contribution in [0.5, 0.6) is 0 Å². The van der Waals surface area contributed by atoms with E-state index in [9.17, 15) is 0 Å². The molecule has 4 unspecified atom stereocenters. The summed E-state index contributed by atoms with van der Waals surface area (Å²) < 4.78 is 0. The van der Waals surface area contributed by atoms with Crippen molar-refractivity contribution < 1.29 is 0 Å². The van der Waals surface area contributed by atoms with Gasteiger partial charge in [-0.1, -0.05) is 33.1 Å². The zero-order chi connectivity index (χ0) is 13.1. The second kappa shape index (κ2) is 6.38. The first-order valence-electron chi connectivity index (χ1n) is 8.09. The number of nitrogens with two attached hydrogens (primary N) is 2. The topological polar surface area (TPSA) is 52.0 Å². The van der Waals surface area contributed by atoms with E-state index in [0.29, 0.717) is 12.1 Å². The highest BCUT2D eigenvalue weighted by molar-refractivity contribution is 4.87. The molecule has 2 aliphatic carbocycles. The Balaban J connectivity index is 1.84. The van der Waals surface area contributed by atoms with Gasteiger partial charge in [0.05, 0.1) is 0 Å². The molecule has 0 radical (unpaired) electrons. The normalized spacial score (nSPS) is 43.7. The van der Waals surface area contributed by atoms with Crippen molar-refractivity contribution in [1.29, 1.82) is 0 Å². The number of hydrogen-bond donors (Lipinski definition) is 2. The van der Waals surface area contributed by atoms with Gasteiger partial charge in [-0.3, -0.25) is 0 Å². The molecule has 2 saturated carbocycles. The maximum Gasteiger partial charge on any atom is 0.00722 e. The highest BCUT2D eigenvalue weighted by Crippen LogP contribution is 2.37. The summed E-state index contributed by atoms with van der Waals surface area (Å²) >= 11 is 0. The first-order chi connectivity index (χ1) is 8.58. The molecule has 2 nitrogen and oxygen atoms in total. The summed E-state index contributed by atoms with van der Waals surface area (Å²) in [5.41, 5.74) is 12.7. The Labute approximate surface area is 113 Å². The van der Waals surface area contributed by atoms with E-state index in [1.54, 1.807) is 0 Å². The highest BCUT2D eigenvalue weighted by atomic mass is 14.7. The molecule has 2 aliphatic rings. The second-order valence-corrected chi connectivity index (χ2v) is 7.17. The lowest BCUT2D eigenvalue weighted by atomic mass is 9.69. The van der Waals surface area contributed by atoms with Crippen LogP contribution < -0.4 is 11.5 Å². The molecule has 4 N–H and O–H groups in total. The predicted octanol–water partition coefficient (Wildman–Crippen LogP) is 3.29. The van der Waals surface area contributed by atoms with Crippen molar-refractivity contribution in [1.82, 2.24) is 0 Å². The van der Waals surface area contributed by atoms with Crippen molar-refractivity contribution in [2.45, 2.75) is 77.3 Å². The lowest BCUT2D eigenvalue weighted by molar-refractivity contribution is 0.151. The van der Waals surface area contributed by atoms with Crippen LogP contribution in [0.15, 0.2) is 0 Å². The lowest BCUT2D eigenvalue weighted by Gasteiger charge is -2.39. The zero-order valence-electron chi connectivity index (χ0n) is 12.3. The molecule has 106 valence electrons. The maximum absolute atomic E-state index is 6.38. The summed E-state index contributed by atoms with van der Waals surface area (Å²) in [5, 5.41) is 0. The van der Waals surface area contributed by atoms with Gasteiger partial charge in [-0.15, -0.1) is 0 Å². The third-order valence-corrected chi connectivity index (χ3v) is 5.59. The second-order valence-electron chi connectivity index (χ2n) is 7.17. The summed E-state index contributed by atoms with van der Waals surface area (Å²) in [6, 6.07) is 0.892. The monoisotopic (exact) mass is 252 g/mol. The van der Waals surface area contributed by atoms with E-state index in [4.69, 9.17) is 11.5 Å². The van der Waals surface area contributed by atoms with Crippen LogP contribution in [0, 0.1) is 23.7 Å². The van der Waals surface area contributed by atoms with E-state index in [2.05, 4.69) is 13.8 Å². The molecule has 2 heteroatoms. The predicted molar refractivity (Wildman–Crippen MR) is 78.2 cm³/mol. The Bertz CT molecular complexity index is 253. The van der Waals surface area contributed by atoms with E-state index >= 15 is 0 Å². The quantitative estimate of drug-likeness (QED) is 0.810. The highest BCUT2D eigenvalue weighted by Gasteiger charge is 2.32. The minimum absolute atomic E-state index is 0.434. The molecular weight excluding hydrogens is 220 g/mol. The van der Waals surface area contributed by atoms with Crippen LogP contribution in [-0.4, -0.2) is 12.1 Å². The molecule has 0 aromatic carbocycles. The van der Waals surface area contributed by atoms with Crippen molar-refractivity contribution in [3.63, 3.8) is 0 Å². The SMILES string of the molecule is CC(CC1CCCCC1N)[C@@H]1CC[C@@H](C)CC1N. The summed E-state index contributed by atoms with van der Waals surface area (Å²) in [5.74, 6) is 3.11. The van der Waals surface area contributed by atoms with Crippen LogP contribution in [0.2, 0.25) is 0 Å². The molecule has 2 rings (SSSR count). The molecule has 0 aromatic rings. The molecular formula is C16H32N2. The van der Waals surface area contributed by atoms with Crippen molar-refractivity contribution in [3.05, 3.63) is 0 Å². The van der Waals surface area contributed by atoms with E-state index < -0.39 is 0 Å². The van der Waals surface area contributed by atoms with Gasteiger partial charge in [-0.25, -0.2) is 0 Å². The fourth-order valence-corrected chi connectivity index (χ4v) is 4.34. The molecule has 0 saturated heterocycles. The van der Waals surface area contributed by atoms with Gasteiger partial charge in [-0.2, -0.15) is 0 Å². The van der Waals surface area contributed by atoms with Crippen molar-refractivity contribution in [2.24, 2.45) is 35.1 Å². The van der Waals surface area contributed by atoms with Gasteiger partial charge in [0.25, 0.3) is 0 Å². The van der Waals surface area contributed by atoms with Crippen LogP contribution in [0.3, 0.4) is 0 Å². The van der Waals surface area contributed by atoms with Crippen LogP contribution >= 0.6 is 0 Å². The molecule has 0 spiro atoms. The van der Waals surface area contributed by atoms with Gasteiger partial charge in [0.1, 0.15) is 0 Å². The van der Waals surface area contributed by atoms with Gasteiger partial charge in [-0.05, 0) is 55.8 Å². The summed E-state index contributed by atoms with van der Waals surface area (Å²) in [6.07, 6.45) is 10.6. The van der Waals surface area contributed by atoms with Crippen LogP contribution in [-0.2, 0) is 0 Å². The first kappa shape index (κ1) is 14.3. The van der Waals surface area contributed by atoms with E-state index in [-0.39, 0.29) is 0 Å². The third-order valence-electron chi connectivity index (χ3n) is 5.59. The fourth-order valence-electron chi connectivity index (χ4n) is 4.34. The van der Waals surface area contributed by atoms with Crippen molar-refractivity contribution in [3.8, 4) is 0 Å². The van der Waals surface area contributed by atoms with Crippen molar-refractivity contribution in [2.75, 3.05) is 0 Å². The Kier molecular flexibility index (Phi) is 5.08. The van der Waals surface area contributed by atoms with Gasteiger partial charge in [0, 0.05) is 12.1 Å². The van der Waals surface area contributed by atoms with Crippen molar-refractivity contribution >= 4 is 0 Å². The smallest absolute Gasteiger partial charge is 0.00722 e. The Morgan fingerprint density at radius 1 is 1.00 bits per heavy atom. The van der Waals surface area contributed by atoms with Crippen LogP contribution in [0.25, 0.3) is 0 Å². The van der Waals surface area contributed by atoms with E-state index in [0.717, 1.165) is 23.7 Å². The molecule has 0 aromatic heterocycles. The average molecular weight is 252 g/mol. The summed E-state index contributed by atoms with van der Waals surface area (Å²) in [7, 11) is 0. The van der Waals surface area contributed by atoms with E-state index in [1.165, 1.54) is 51.4 Å². The average Bonchev–Trinajstić information content (AvgIpc) is 2.32. The van der Waals surface area contributed by atoms with E-state index in [1.807, 2.05) is 0 Å². The maximum atomic E-state index is 6.38.